The van der Waals surface area contributed by atoms with E-state index in [0.29, 0.717) is 24.9 Å². The third-order valence-electron chi connectivity index (χ3n) is 6.25. The molecule has 178 valence electrons. The zero-order valence-electron chi connectivity index (χ0n) is 19.7. The molecule has 5 rings (SSSR count). The maximum atomic E-state index is 6.10. The van der Waals surface area contributed by atoms with E-state index in [1.165, 1.54) is 0 Å². The van der Waals surface area contributed by atoms with Gasteiger partial charge in [-0.05, 0) is 73.8 Å². The topological polar surface area (TPSA) is 82.3 Å². The van der Waals surface area contributed by atoms with E-state index in [1.54, 1.807) is 6.20 Å². The van der Waals surface area contributed by atoms with Crippen molar-refractivity contribution in [3.63, 3.8) is 0 Å². The first-order valence-corrected chi connectivity index (χ1v) is 12.1. The SMILES string of the molecule is NCc1ccc(-c2ncc(OCC3CCNCC3)nc2-c2ccc(Oc3ccccc3)cc2)cc1. The molecule has 0 aliphatic carbocycles. The second-order valence-corrected chi connectivity index (χ2v) is 8.75. The van der Waals surface area contributed by atoms with Gasteiger partial charge >= 0.3 is 0 Å². The fraction of sp³-hybridized carbons (Fsp3) is 0.241. The molecule has 1 aliphatic rings. The molecule has 1 saturated heterocycles. The molecule has 0 spiro atoms. The summed E-state index contributed by atoms with van der Waals surface area (Å²) < 4.78 is 12.1. The standard InChI is InChI=1S/C29H30N4O2/c30-18-21-6-8-23(9-7-21)28-29(33-27(19-32-28)34-20-22-14-16-31-17-15-22)24-10-12-26(13-11-24)35-25-4-2-1-3-5-25/h1-13,19,22,31H,14-18,20,30H2. The predicted octanol–water partition coefficient (Wildman–Crippen LogP) is 5.44. The summed E-state index contributed by atoms with van der Waals surface area (Å²) in [5.74, 6) is 2.65. The van der Waals surface area contributed by atoms with Crippen molar-refractivity contribution in [3.8, 4) is 39.9 Å². The van der Waals surface area contributed by atoms with Crippen LogP contribution in [0.1, 0.15) is 18.4 Å². The molecule has 1 fully saturated rings. The van der Waals surface area contributed by atoms with Crippen molar-refractivity contribution < 1.29 is 9.47 Å². The molecule has 0 saturated carbocycles. The van der Waals surface area contributed by atoms with Gasteiger partial charge in [-0.1, -0.05) is 42.5 Å². The number of hydrogen-bond acceptors (Lipinski definition) is 6. The number of nitrogens with two attached hydrogens (primary N) is 1. The van der Waals surface area contributed by atoms with Gasteiger partial charge in [-0.25, -0.2) is 9.97 Å². The Bertz CT molecular complexity index is 1220. The summed E-state index contributed by atoms with van der Waals surface area (Å²) in [6.07, 6.45) is 3.97. The number of rotatable bonds is 8. The van der Waals surface area contributed by atoms with E-state index < -0.39 is 0 Å². The van der Waals surface area contributed by atoms with Crippen LogP contribution in [0.2, 0.25) is 0 Å². The molecule has 0 bridgehead atoms. The number of aromatic nitrogens is 2. The van der Waals surface area contributed by atoms with E-state index in [2.05, 4.69) is 5.32 Å². The van der Waals surface area contributed by atoms with Crippen LogP contribution in [0.3, 0.4) is 0 Å². The normalized spacial score (nSPS) is 14.0. The zero-order chi connectivity index (χ0) is 23.9. The summed E-state index contributed by atoms with van der Waals surface area (Å²) in [5.41, 5.74) is 10.4. The summed E-state index contributed by atoms with van der Waals surface area (Å²) in [5, 5.41) is 3.40. The van der Waals surface area contributed by atoms with Gasteiger partial charge in [0.2, 0.25) is 5.88 Å². The van der Waals surface area contributed by atoms with Crippen LogP contribution in [0.4, 0.5) is 0 Å². The van der Waals surface area contributed by atoms with Crippen molar-refractivity contribution in [1.29, 1.82) is 0 Å². The van der Waals surface area contributed by atoms with Crippen LogP contribution in [-0.4, -0.2) is 29.7 Å². The highest BCUT2D eigenvalue weighted by Gasteiger charge is 2.17. The Morgan fingerprint density at radius 2 is 1.46 bits per heavy atom. The van der Waals surface area contributed by atoms with Crippen LogP contribution in [-0.2, 0) is 6.54 Å². The van der Waals surface area contributed by atoms with E-state index in [-0.39, 0.29) is 0 Å². The molecule has 0 unspecified atom stereocenters. The Morgan fingerprint density at radius 1 is 0.800 bits per heavy atom. The fourth-order valence-corrected chi connectivity index (χ4v) is 4.21. The van der Waals surface area contributed by atoms with Gasteiger partial charge in [-0.15, -0.1) is 0 Å². The summed E-state index contributed by atoms with van der Waals surface area (Å²) in [6.45, 7) is 3.25. The summed E-state index contributed by atoms with van der Waals surface area (Å²) >= 11 is 0. The highest BCUT2D eigenvalue weighted by molar-refractivity contribution is 5.78. The molecule has 6 heteroatoms. The Kier molecular flexibility index (Phi) is 7.32. The number of benzene rings is 3. The number of para-hydroxylation sites is 1. The number of ether oxygens (including phenoxy) is 2. The first kappa shape index (κ1) is 23.0. The second-order valence-electron chi connectivity index (χ2n) is 8.75. The fourth-order valence-electron chi connectivity index (χ4n) is 4.21. The monoisotopic (exact) mass is 466 g/mol. The average molecular weight is 467 g/mol. The van der Waals surface area contributed by atoms with E-state index in [9.17, 15) is 0 Å². The van der Waals surface area contributed by atoms with Gasteiger partial charge < -0.3 is 20.5 Å². The van der Waals surface area contributed by atoms with Gasteiger partial charge in [-0.2, -0.15) is 0 Å². The summed E-state index contributed by atoms with van der Waals surface area (Å²) in [4.78, 5) is 9.67. The molecule has 4 aromatic rings. The van der Waals surface area contributed by atoms with Gasteiger partial charge in [-0.3, -0.25) is 0 Å². The van der Waals surface area contributed by atoms with Crippen molar-refractivity contribution in [2.45, 2.75) is 19.4 Å². The van der Waals surface area contributed by atoms with Gasteiger partial charge in [0, 0.05) is 17.7 Å². The molecule has 3 N–H and O–H groups in total. The van der Waals surface area contributed by atoms with Crippen LogP contribution >= 0.6 is 0 Å². The lowest BCUT2D eigenvalue weighted by Crippen LogP contribution is -2.30. The van der Waals surface area contributed by atoms with E-state index in [0.717, 1.165) is 65.5 Å². The zero-order valence-corrected chi connectivity index (χ0v) is 19.7. The van der Waals surface area contributed by atoms with Crippen LogP contribution in [0.15, 0.2) is 85.1 Å². The quantitative estimate of drug-likeness (QED) is 0.360. The van der Waals surface area contributed by atoms with Crippen molar-refractivity contribution in [2.75, 3.05) is 19.7 Å². The molecular formula is C29H30N4O2. The van der Waals surface area contributed by atoms with Crippen LogP contribution < -0.4 is 20.5 Å². The third-order valence-corrected chi connectivity index (χ3v) is 6.25. The molecule has 35 heavy (non-hydrogen) atoms. The maximum absolute atomic E-state index is 6.10. The highest BCUT2D eigenvalue weighted by atomic mass is 16.5. The van der Waals surface area contributed by atoms with Crippen molar-refractivity contribution in [1.82, 2.24) is 15.3 Å². The van der Waals surface area contributed by atoms with Gasteiger partial charge in [0.25, 0.3) is 0 Å². The van der Waals surface area contributed by atoms with Crippen molar-refractivity contribution >= 4 is 0 Å². The van der Waals surface area contributed by atoms with E-state index in [4.69, 9.17) is 25.2 Å². The lowest BCUT2D eigenvalue weighted by molar-refractivity contribution is 0.208. The van der Waals surface area contributed by atoms with E-state index in [1.807, 2.05) is 78.9 Å². The molecule has 0 radical (unpaired) electrons. The predicted molar refractivity (Wildman–Crippen MR) is 138 cm³/mol. The first-order valence-electron chi connectivity index (χ1n) is 12.1. The summed E-state index contributed by atoms with van der Waals surface area (Å²) in [6, 6.07) is 25.8. The third kappa shape index (κ3) is 5.85. The lowest BCUT2D eigenvalue weighted by Gasteiger charge is -2.22. The minimum atomic E-state index is 0.505. The first-order chi connectivity index (χ1) is 17.3. The number of nitrogens with zero attached hydrogens (tertiary/aromatic N) is 2. The van der Waals surface area contributed by atoms with Crippen molar-refractivity contribution in [2.24, 2.45) is 11.7 Å². The highest BCUT2D eigenvalue weighted by Crippen LogP contribution is 2.32. The van der Waals surface area contributed by atoms with E-state index >= 15 is 0 Å². The Hall–Kier alpha value is -3.74. The molecule has 0 atom stereocenters. The molecule has 0 amide bonds. The number of hydrogen-bond donors (Lipinski definition) is 2. The molecule has 2 heterocycles. The molecule has 6 nitrogen and oxygen atoms in total. The Morgan fingerprint density at radius 3 is 2.17 bits per heavy atom. The van der Waals surface area contributed by atoms with Crippen LogP contribution in [0.25, 0.3) is 22.5 Å². The molecule has 1 aliphatic heterocycles. The lowest BCUT2D eigenvalue weighted by atomic mass is 9.99. The number of nitrogens with one attached hydrogen (secondary N) is 1. The molecular weight excluding hydrogens is 436 g/mol. The minimum absolute atomic E-state index is 0.505. The summed E-state index contributed by atoms with van der Waals surface area (Å²) in [7, 11) is 0. The Balaban J connectivity index is 1.43. The van der Waals surface area contributed by atoms with Gasteiger partial charge in [0.05, 0.1) is 18.5 Å². The second kappa shape index (κ2) is 11.1. The minimum Gasteiger partial charge on any atom is -0.476 e. The smallest absolute Gasteiger partial charge is 0.232 e. The molecule has 1 aromatic heterocycles. The van der Waals surface area contributed by atoms with Gasteiger partial charge in [0.1, 0.15) is 17.2 Å². The Labute approximate surface area is 206 Å². The maximum Gasteiger partial charge on any atom is 0.232 e. The van der Waals surface area contributed by atoms with Crippen LogP contribution in [0, 0.1) is 5.92 Å². The number of piperidine rings is 1. The molecule has 3 aromatic carbocycles. The largest absolute Gasteiger partial charge is 0.476 e. The van der Waals surface area contributed by atoms with Gasteiger partial charge in [0.15, 0.2) is 0 Å². The van der Waals surface area contributed by atoms with Crippen LogP contribution in [0.5, 0.6) is 17.4 Å². The average Bonchev–Trinajstić information content (AvgIpc) is 2.93. The van der Waals surface area contributed by atoms with Crippen molar-refractivity contribution in [3.05, 3.63) is 90.6 Å².